The van der Waals surface area contributed by atoms with Gasteiger partial charge in [0.2, 0.25) is 11.8 Å². The van der Waals surface area contributed by atoms with Gasteiger partial charge in [0.1, 0.15) is 11.6 Å². The Hall–Kier alpha value is -3.62. The second kappa shape index (κ2) is 11.4. The third-order valence-electron chi connectivity index (χ3n) is 7.50. The van der Waals surface area contributed by atoms with Gasteiger partial charge in [0, 0.05) is 44.7 Å². The van der Waals surface area contributed by atoms with Gasteiger partial charge in [-0.05, 0) is 52.9 Å². The molecule has 0 bridgehead atoms. The van der Waals surface area contributed by atoms with Crippen LogP contribution in [0.2, 0.25) is 0 Å². The molecule has 2 aliphatic rings. The van der Waals surface area contributed by atoms with Crippen molar-refractivity contribution >= 4 is 11.8 Å². The predicted octanol–water partition coefficient (Wildman–Crippen LogP) is 3.55. The fourth-order valence-corrected chi connectivity index (χ4v) is 5.47. The monoisotopic (exact) mass is 518 g/mol. The van der Waals surface area contributed by atoms with Crippen LogP contribution in [-0.2, 0) is 22.7 Å². The number of halogens is 2. The van der Waals surface area contributed by atoms with Crippen LogP contribution in [0.4, 0.5) is 8.78 Å². The first kappa shape index (κ1) is 26.0. The van der Waals surface area contributed by atoms with E-state index < -0.39 is 6.04 Å². The van der Waals surface area contributed by atoms with Crippen LogP contribution in [0.1, 0.15) is 41.0 Å². The van der Waals surface area contributed by atoms with Crippen molar-refractivity contribution in [3.8, 4) is 0 Å². The van der Waals surface area contributed by atoms with E-state index in [0.717, 1.165) is 35.2 Å². The molecule has 3 aromatic rings. The van der Waals surface area contributed by atoms with Crippen LogP contribution in [-0.4, -0.2) is 53.3 Å². The Morgan fingerprint density at radius 3 is 2.00 bits per heavy atom. The van der Waals surface area contributed by atoms with Gasteiger partial charge in [-0.1, -0.05) is 48.5 Å². The lowest BCUT2D eigenvalue weighted by Crippen LogP contribution is -2.46. The zero-order valence-electron chi connectivity index (χ0n) is 21.2. The van der Waals surface area contributed by atoms with Crippen LogP contribution in [0.25, 0.3) is 0 Å². The maximum Gasteiger partial charge on any atom is 0.240 e. The lowest BCUT2D eigenvalue weighted by atomic mass is 9.90. The predicted molar refractivity (Wildman–Crippen MR) is 141 cm³/mol. The molecule has 1 fully saturated rings. The van der Waals surface area contributed by atoms with Crippen molar-refractivity contribution in [1.29, 1.82) is 0 Å². The van der Waals surface area contributed by atoms with Crippen LogP contribution >= 0.6 is 0 Å². The summed E-state index contributed by atoms with van der Waals surface area (Å²) in [7, 11) is 0. The number of carbonyl (C=O) groups excluding carboxylic acids is 2. The van der Waals surface area contributed by atoms with Gasteiger partial charge in [-0.25, -0.2) is 8.78 Å². The Morgan fingerprint density at radius 2 is 1.45 bits per heavy atom. The van der Waals surface area contributed by atoms with E-state index >= 15 is 0 Å². The molecule has 3 N–H and O–H groups in total. The van der Waals surface area contributed by atoms with Gasteiger partial charge in [-0.15, -0.1) is 0 Å². The lowest BCUT2D eigenvalue weighted by Gasteiger charge is -2.25. The van der Waals surface area contributed by atoms with Crippen molar-refractivity contribution in [2.24, 2.45) is 5.73 Å². The Bertz CT molecular complexity index is 1210. The highest BCUT2D eigenvalue weighted by Gasteiger charge is 2.30. The number of nitrogens with one attached hydrogen (secondary N) is 1. The van der Waals surface area contributed by atoms with Gasteiger partial charge in [-0.2, -0.15) is 0 Å². The molecule has 1 unspecified atom stereocenters. The lowest BCUT2D eigenvalue weighted by molar-refractivity contribution is -0.135. The number of nitrogens with two attached hydrogens (primary N) is 1. The van der Waals surface area contributed by atoms with E-state index in [9.17, 15) is 18.4 Å². The molecule has 2 atom stereocenters. The summed E-state index contributed by atoms with van der Waals surface area (Å²) in [5, 5.41) is 3.04. The molecule has 0 saturated carbocycles. The third kappa shape index (κ3) is 6.09. The number of fused-ring (bicyclic) bond motifs is 1. The number of likely N-dealkylation sites (tertiary alicyclic amines) is 1. The number of nitrogens with zero attached hydrogens (tertiary/aromatic N) is 2. The number of amides is 2. The van der Waals surface area contributed by atoms with E-state index in [-0.39, 0.29) is 41.8 Å². The Balaban J connectivity index is 1.14. The summed E-state index contributed by atoms with van der Waals surface area (Å²) in [6, 6.07) is 19.7. The smallest absolute Gasteiger partial charge is 0.240 e. The minimum Gasteiger partial charge on any atom is -0.352 e. The standard InChI is InChI=1S/C30H32F2N4O2/c31-24-9-5-20(6-10-24)27(21-7-11-25(32)12-8-21)19-35-14-13-26(18-35)34-29(37)15-28(33)30(38)36-16-22-3-1-2-4-23(22)17-36/h1-12,26-28H,13-19,33H2,(H,34,37)/t26?,28-/m0/s1. The molecule has 0 radical (unpaired) electrons. The molecule has 2 aliphatic heterocycles. The van der Waals surface area contributed by atoms with Gasteiger partial charge < -0.3 is 20.9 Å². The topological polar surface area (TPSA) is 78.7 Å². The number of rotatable bonds is 8. The van der Waals surface area contributed by atoms with Crippen molar-refractivity contribution in [3.63, 3.8) is 0 Å². The summed E-state index contributed by atoms with van der Waals surface area (Å²) in [6.07, 6.45) is 0.714. The van der Waals surface area contributed by atoms with Crippen LogP contribution < -0.4 is 11.1 Å². The van der Waals surface area contributed by atoms with Crippen LogP contribution in [0.15, 0.2) is 72.8 Å². The molecule has 5 rings (SSSR count). The third-order valence-corrected chi connectivity index (χ3v) is 7.50. The molecule has 3 aromatic carbocycles. The molecular weight excluding hydrogens is 486 g/mol. The average molecular weight is 519 g/mol. The summed E-state index contributed by atoms with van der Waals surface area (Å²) in [5.74, 6) is -1.13. The first-order chi connectivity index (χ1) is 18.4. The fourth-order valence-electron chi connectivity index (χ4n) is 5.47. The van der Waals surface area contributed by atoms with Crippen molar-refractivity contribution in [2.75, 3.05) is 19.6 Å². The van der Waals surface area contributed by atoms with E-state index in [2.05, 4.69) is 10.2 Å². The Labute approximate surface area is 221 Å². The van der Waals surface area contributed by atoms with Crippen molar-refractivity contribution in [3.05, 3.63) is 107 Å². The highest BCUT2D eigenvalue weighted by atomic mass is 19.1. The summed E-state index contributed by atoms with van der Waals surface area (Å²) >= 11 is 0. The molecule has 6 nitrogen and oxygen atoms in total. The molecule has 38 heavy (non-hydrogen) atoms. The number of benzene rings is 3. The summed E-state index contributed by atoms with van der Waals surface area (Å²) in [5.41, 5.74) is 10.2. The molecule has 2 amide bonds. The summed E-state index contributed by atoms with van der Waals surface area (Å²) in [4.78, 5) is 29.5. The Kier molecular flexibility index (Phi) is 7.81. The SMILES string of the molecule is N[C@@H](CC(=O)NC1CCN(CC(c2ccc(F)cc2)c2ccc(F)cc2)C1)C(=O)N1Cc2ccccc2C1. The van der Waals surface area contributed by atoms with Crippen molar-refractivity contribution < 1.29 is 18.4 Å². The van der Waals surface area contributed by atoms with Crippen molar-refractivity contribution in [2.45, 2.75) is 43.9 Å². The molecule has 198 valence electrons. The minimum atomic E-state index is -0.886. The number of carbonyl (C=O) groups is 2. The molecule has 2 heterocycles. The second-order valence-electron chi connectivity index (χ2n) is 10.2. The fraction of sp³-hybridized carbons (Fsp3) is 0.333. The molecular formula is C30H32F2N4O2. The normalized spacial score (nSPS) is 18.0. The largest absolute Gasteiger partial charge is 0.352 e. The van der Waals surface area contributed by atoms with E-state index in [1.54, 1.807) is 29.2 Å². The maximum atomic E-state index is 13.5. The second-order valence-corrected chi connectivity index (χ2v) is 10.2. The Morgan fingerprint density at radius 1 is 0.895 bits per heavy atom. The van der Waals surface area contributed by atoms with E-state index in [1.165, 1.54) is 24.3 Å². The van der Waals surface area contributed by atoms with Gasteiger partial charge in [0.15, 0.2) is 0 Å². The van der Waals surface area contributed by atoms with Crippen LogP contribution in [0.5, 0.6) is 0 Å². The zero-order chi connectivity index (χ0) is 26.6. The van der Waals surface area contributed by atoms with Gasteiger partial charge >= 0.3 is 0 Å². The molecule has 0 aromatic heterocycles. The highest BCUT2D eigenvalue weighted by molar-refractivity contribution is 5.88. The number of hydrogen-bond donors (Lipinski definition) is 2. The summed E-state index contributed by atoms with van der Waals surface area (Å²) < 4.78 is 27.1. The number of hydrogen-bond acceptors (Lipinski definition) is 4. The minimum absolute atomic E-state index is 0.0528. The maximum absolute atomic E-state index is 13.5. The van der Waals surface area contributed by atoms with Crippen LogP contribution in [0.3, 0.4) is 0 Å². The van der Waals surface area contributed by atoms with E-state index in [1.807, 2.05) is 24.3 Å². The molecule has 0 spiro atoms. The molecule has 8 heteroatoms. The first-order valence-corrected chi connectivity index (χ1v) is 13.0. The zero-order valence-corrected chi connectivity index (χ0v) is 21.2. The summed E-state index contributed by atoms with van der Waals surface area (Å²) in [6.45, 7) is 3.11. The molecule has 1 saturated heterocycles. The van der Waals surface area contributed by atoms with Gasteiger partial charge in [0.25, 0.3) is 0 Å². The van der Waals surface area contributed by atoms with E-state index in [0.29, 0.717) is 26.2 Å². The highest BCUT2D eigenvalue weighted by Crippen LogP contribution is 2.28. The van der Waals surface area contributed by atoms with Gasteiger partial charge in [0.05, 0.1) is 12.5 Å². The first-order valence-electron chi connectivity index (χ1n) is 13.0. The van der Waals surface area contributed by atoms with Crippen LogP contribution in [0, 0.1) is 11.6 Å². The van der Waals surface area contributed by atoms with Gasteiger partial charge in [-0.3, -0.25) is 9.59 Å². The average Bonchev–Trinajstić information content (AvgIpc) is 3.54. The quantitative estimate of drug-likeness (QED) is 0.478. The van der Waals surface area contributed by atoms with E-state index in [4.69, 9.17) is 5.73 Å². The van der Waals surface area contributed by atoms with Crippen molar-refractivity contribution in [1.82, 2.24) is 15.1 Å². The molecule has 0 aliphatic carbocycles.